The van der Waals surface area contributed by atoms with Crippen molar-refractivity contribution in [1.82, 2.24) is 4.90 Å². The molecule has 3 amide bonds. The molecule has 8 nitrogen and oxygen atoms in total. The lowest BCUT2D eigenvalue weighted by Crippen LogP contribution is -2.42. The Labute approximate surface area is 215 Å². The minimum atomic E-state index is -3.83. The number of carbonyl (C=O) groups excluding carboxylic acids is 3. The minimum absolute atomic E-state index is 0.0569. The van der Waals surface area contributed by atoms with E-state index in [4.69, 9.17) is 0 Å². The van der Waals surface area contributed by atoms with Crippen LogP contribution < -0.4 is 10.0 Å². The molecule has 2 aliphatic rings. The van der Waals surface area contributed by atoms with Gasteiger partial charge in [-0.3, -0.25) is 24.0 Å². The molecule has 0 spiro atoms. The summed E-state index contributed by atoms with van der Waals surface area (Å²) in [6.07, 6.45) is 7.23. The van der Waals surface area contributed by atoms with Crippen LogP contribution in [0.15, 0.2) is 58.3 Å². The molecule has 2 aromatic rings. The number of carbonyl (C=O) groups is 3. The number of benzene rings is 2. The number of anilines is 2. The van der Waals surface area contributed by atoms with Gasteiger partial charge in [0, 0.05) is 24.3 Å². The third-order valence-electron chi connectivity index (χ3n) is 6.51. The van der Waals surface area contributed by atoms with Crippen LogP contribution in [0, 0.1) is 5.92 Å². The average molecular weight is 528 g/mol. The zero-order valence-electron chi connectivity index (χ0n) is 20.2. The number of nitrogens with one attached hydrogen (secondary N) is 2. The van der Waals surface area contributed by atoms with Gasteiger partial charge in [0.25, 0.3) is 21.2 Å². The number of nitrogens with zero attached hydrogens (tertiary/aromatic N) is 1. The van der Waals surface area contributed by atoms with Gasteiger partial charge in [-0.2, -0.15) is 0 Å². The average Bonchev–Trinajstić information content (AvgIpc) is 3.12. The summed E-state index contributed by atoms with van der Waals surface area (Å²) in [5, 5.41) is 2.35. The monoisotopic (exact) mass is 527 g/mol. The number of imide groups is 1. The van der Waals surface area contributed by atoms with E-state index >= 15 is 0 Å². The normalized spacial score (nSPS) is 18.9. The van der Waals surface area contributed by atoms with Gasteiger partial charge in [-0.15, -0.1) is 0 Å². The van der Waals surface area contributed by atoms with Crippen LogP contribution >= 0.6 is 11.8 Å². The van der Waals surface area contributed by atoms with Crippen LogP contribution in [-0.4, -0.2) is 36.4 Å². The molecule has 0 bridgehead atoms. The second kappa shape index (κ2) is 10.9. The lowest BCUT2D eigenvalue weighted by Gasteiger charge is -2.32. The van der Waals surface area contributed by atoms with Crippen LogP contribution in [0.3, 0.4) is 0 Å². The quantitative estimate of drug-likeness (QED) is 0.463. The van der Waals surface area contributed by atoms with Crippen LogP contribution in [0.5, 0.6) is 0 Å². The Kier molecular flexibility index (Phi) is 7.85. The number of rotatable bonds is 7. The van der Waals surface area contributed by atoms with Crippen LogP contribution in [0.1, 0.15) is 51.5 Å². The summed E-state index contributed by atoms with van der Waals surface area (Å²) in [6, 6.07) is 12.3. The summed E-state index contributed by atoms with van der Waals surface area (Å²) in [5.41, 5.74) is 1.55. The number of amides is 3. The number of sulfonamides is 1. The molecule has 1 aliphatic heterocycles. The van der Waals surface area contributed by atoms with E-state index in [1.54, 1.807) is 30.3 Å². The highest BCUT2D eigenvalue weighted by Gasteiger charge is 2.40. The predicted molar refractivity (Wildman–Crippen MR) is 142 cm³/mol. The van der Waals surface area contributed by atoms with Crippen LogP contribution in [0.25, 0.3) is 6.08 Å². The number of hydrogen-bond donors (Lipinski definition) is 2. The molecule has 4 rings (SSSR count). The maximum absolute atomic E-state index is 13.0. The van der Waals surface area contributed by atoms with Crippen molar-refractivity contribution < 1.29 is 22.8 Å². The van der Waals surface area contributed by atoms with E-state index < -0.39 is 10.0 Å². The smallest absolute Gasteiger partial charge is 0.293 e. The molecule has 0 radical (unpaired) electrons. The van der Waals surface area contributed by atoms with E-state index in [9.17, 15) is 22.8 Å². The summed E-state index contributed by atoms with van der Waals surface area (Å²) < 4.78 is 27.9. The van der Waals surface area contributed by atoms with E-state index in [2.05, 4.69) is 10.0 Å². The van der Waals surface area contributed by atoms with Gasteiger partial charge in [-0.05, 0) is 85.5 Å². The molecule has 1 heterocycles. The summed E-state index contributed by atoms with van der Waals surface area (Å²) in [4.78, 5) is 38.6. The molecule has 2 aromatic carbocycles. The number of hydrogen-bond acceptors (Lipinski definition) is 6. The molecular formula is C26H29N3O5S2. The molecule has 10 heteroatoms. The minimum Gasteiger partial charge on any atom is -0.326 e. The fourth-order valence-corrected chi connectivity index (χ4v) is 6.57. The van der Waals surface area contributed by atoms with Crippen molar-refractivity contribution >= 4 is 56.3 Å². The van der Waals surface area contributed by atoms with Gasteiger partial charge in [0.2, 0.25) is 5.91 Å². The van der Waals surface area contributed by atoms with Crippen molar-refractivity contribution in [2.75, 3.05) is 10.0 Å². The third-order valence-corrected chi connectivity index (χ3v) is 8.79. The van der Waals surface area contributed by atoms with Crippen molar-refractivity contribution in [3.8, 4) is 0 Å². The Bertz CT molecular complexity index is 1280. The Morgan fingerprint density at radius 3 is 2.22 bits per heavy atom. The molecule has 2 fully saturated rings. The van der Waals surface area contributed by atoms with Crippen LogP contribution in [0.2, 0.25) is 0 Å². The zero-order valence-corrected chi connectivity index (χ0v) is 21.8. The Morgan fingerprint density at radius 2 is 1.61 bits per heavy atom. The molecule has 1 aliphatic carbocycles. The molecular weight excluding hydrogens is 498 g/mol. The number of thioether (sulfide) groups is 1. The Morgan fingerprint density at radius 1 is 1.00 bits per heavy atom. The Hall–Kier alpha value is -3.11. The van der Waals surface area contributed by atoms with E-state index in [1.807, 2.05) is 6.92 Å². The lowest BCUT2D eigenvalue weighted by molar-refractivity contribution is -0.125. The molecule has 36 heavy (non-hydrogen) atoms. The van der Waals surface area contributed by atoms with Crippen LogP contribution in [0.4, 0.5) is 16.2 Å². The molecule has 190 valence electrons. The maximum atomic E-state index is 13.0. The van der Waals surface area contributed by atoms with Gasteiger partial charge in [-0.1, -0.05) is 31.4 Å². The molecule has 1 saturated heterocycles. The fraction of sp³-hybridized carbons (Fsp3) is 0.346. The van der Waals surface area contributed by atoms with E-state index in [0.29, 0.717) is 27.8 Å². The highest BCUT2D eigenvalue weighted by molar-refractivity contribution is 8.18. The van der Waals surface area contributed by atoms with Gasteiger partial charge in [0.1, 0.15) is 0 Å². The SMILES string of the molecule is CC(=O)Nc1ccc(S(=O)(=O)Nc2ccc(C=C3SC(=O)N(C(C)C4CCCCC4)C3=O)cc2)cc1. The van der Waals surface area contributed by atoms with E-state index in [0.717, 1.165) is 37.4 Å². The molecule has 2 N–H and O–H groups in total. The van der Waals surface area contributed by atoms with Gasteiger partial charge < -0.3 is 5.32 Å². The first kappa shape index (κ1) is 26.0. The topological polar surface area (TPSA) is 113 Å². The lowest BCUT2D eigenvalue weighted by atomic mass is 9.84. The van der Waals surface area contributed by atoms with Crippen LogP contribution in [-0.2, 0) is 19.6 Å². The highest BCUT2D eigenvalue weighted by atomic mass is 32.2. The third kappa shape index (κ3) is 5.99. The maximum Gasteiger partial charge on any atom is 0.293 e. The van der Waals surface area contributed by atoms with Gasteiger partial charge in [-0.25, -0.2) is 8.42 Å². The summed E-state index contributed by atoms with van der Waals surface area (Å²) in [7, 11) is -3.83. The molecule has 1 saturated carbocycles. The Balaban J connectivity index is 1.43. The fourth-order valence-electron chi connectivity index (χ4n) is 4.59. The zero-order chi connectivity index (χ0) is 25.9. The van der Waals surface area contributed by atoms with E-state index in [1.165, 1.54) is 42.5 Å². The van der Waals surface area contributed by atoms with Crippen molar-refractivity contribution in [3.63, 3.8) is 0 Å². The molecule has 1 atom stereocenters. The molecule has 0 aromatic heterocycles. The van der Waals surface area contributed by atoms with Crippen molar-refractivity contribution in [3.05, 3.63) is 59.0 Å². The second-order valence-electron chi connectivity index (χ2n) is 9.12. The molecule has 1 unspecified atom stereocenters. The first-order chi connectivity index (χ1) is 17.1. The first-order valence-electron chi connectivity index (χ1n) is 11.9. The second-order valence-corrected chi connectivity index (χ2v) is 11.8. The van der Waals surface area contributed by atoms with Gasteiger partial charge >= 0.3 is 0 Å². The van der Waals surface area contributed by atoms with Gasteiger partial charge in [0.15, 0.2) is 0 Å². The summed E-state index contributed by atoms with van der Waals surface area (Å²) in [6.45, 7) is 3.34. The van der Waals surface area contributed by atoms with Crippen molar-refractivity contribution in [2.45, 2.75) is 56.9 Å². The van der Waals surface area contributed by atoms with E-state index in [-0.39, 0.29) is 28.0 Å². The van der Waals surface area contributed by atoms with Gasteiger partial charge in [0.05, 0.1) is 9.80 Å². The van der Waals surface area contributed by atoms with Crippen molar-refractivity contribution in [1.29, 1.82) is 0 Å². The predicted octanol–water partition coefficient (Wildman–Crippen LogP) is 5.45. The highest BCUT2D eigenvalue weighted by Crippen LogP contribution is 2.38. The first-order valence-corrected chi connectivity index (χ1v) is 14.2. The summed E-state index contributed by atoms with van der Waals surface area (Å²) in [5.74, 6) is -0.164. The summed E-state index contributed by atoms with van der Waals surface area (Å²) >= 11 is 0.946. The standard InChI is InChI=1S/C26H29N3O5S2/c1-17(20-6-4-3-5-7-20)29-25(31)24(35-26(29)32)16-19-8-10-22(11-9-19)28-36(33,34)23-14-12-21(13-15-23)27-18(2)30/h8-17,20,28H,3-7H2,1-2H3,(H,27,30). The van der Waals surface area contributed by atoms with Crippen molar-refractivity contribution in [2.24, 2.45) is 5.92 Å². The largest absolute Gasteiger partial charge is 0.326 e.